The molecule has 7 nitrogen and oxygen atoms in total. The molecular formula is C19H21N3O4S. The fourth-order valence-corrected chi connectivity index (χ4v) is 4.33. The Bertz CT molecular complexity index is 1120. The van der Waals surface area contributed by atoms with E-state index in [0.717, 1.165) is 10.9 Å². The zero-order valence-electron chi connectivity index (χ0n) is 15.6. The van der Waals surface area contributed by atoms with E-state index >= 15 is 0 Å². The number of pyridine rings is 1. The Morgan fingerprint density at radius 2 is 2.00 bits per heavy atom. The summed E-state index contributed by atoms with van der Waals surface area (Å²) in [6.45, 7) is 5.54. The summed E-state index contributed by atoms with van der Waals surface area (Å²) in [5.74, 6) is -0.479. The number of rotatable bonds is 5. The number of hydrogen-bond acceptors (Lipinski definition) is 5. The molecule has 1 aromatic carbocycles. The van der Waals surface area contributed by atoms with Crippen LogP contribution in [0, 0.1) is 13.8 Å². The molecular weight excluding hydrogens is 366 g/mol. The summed E-state index contributed by atoms with van der Waals surface area (Å²) in [6.07, 6.45) is 1.55. The minimum atomic E-state index is -3.81. The Hall–Kier alpha value is -2.87. The summed E-state index contributed by atoms with van der Waals surface area (Å²) >= 11 is 0. The number of anilines is 1. The minimum Gasteiger partial charge on any atom is -0.461 e. The van der Waals surface area contributed by atoms with Crippen LogP contribution in [-0.4, -0.2) is 38.0 Å². The molecule has 0 atom stereocenters. The number of H-pyrrole nitrogens is 1. The largest absolute Gasteiger partial charge is 0.461 e. The molecule has 142 valence electrons. The molecule has 0 amide bonds. The molecule has 3 aromatic rings. The molecule has 1 N–H and O–H groups in total. The summed E-state index contributed by atoms with van der Waals surface area (Å²) in [4.78, 5) is 19.3. The van der Waals surface area contributed by atoms with Gasteiger partial charge in [0.2, 0.25) is 0 Å². The van der Waals surface area contributed by atoms with Gasteiger partial charge in [0.1, 0.15) is 10.6 Å². The van der Waals surface area contributed by atoms with Gasteiger partial charge in [-0.05, 0) is 50.6 Å². The fourth-order valence-electron chi connectivity index (χ4n) is 2.94. The van der Waals surface area contributed by atoms with Gasteiger partial charge in [-0.15, -0.1) is 0 Å². The fraction of sp³-hybridized carbons (Fsp3) is 0.263. The average Bonchev–Trinajstić information content (AvgIpc) is 3.08. The summed E-state index contributed by atoms with van der Waals surface area (Å²) in [5.41, 5.74) is 2.63. The Labute approximate surface area is 158 Å². The first kappa shape index (κ1) is 18.9. The molecule has 2 aromatic heterocycles. The van der Waals surface area contributed by atoms with Gasteiger partial charge in [0.25, 0.3) is 10.0 Å². The number of benzene rings is 1. The second kappa shape index (κ2) is 7.03. The van der Waals surface area contributed by atoms with Crippen molar-refractivity contribution < 1.29 is 17.9 Å². The van der Waals surface area contributed by atoms with Crippen LogP contribution in [0.1, 0.15) is 28.7 Å². The monoisotopic (exact) mass is 387 g/mol. The molecule has 0 aliphatic rings. The number of aromatic amines is 1. The third kappa shape index (κ3) is 3.28. The number of ether oxygens (including phenoxy) is 1. The summed E-state index contributed by atoms with van der Waals surface area (Å²) in [7, 11) is -2.33. The average molecular weight is 387 g/mol. The van der Waals surface area contributed by atoms with E-state index in [0.29, 0.717) is 16.9 Å². The van der Waals surface area contributed by atoms with Crippen LogP contribution >= 0.6 is 0 Å². The molecule has 0 fully saturated rings. The van der Waals surface area contributed by atoms with E-state index < -0.39 is 16.0 Å². The van der Waals surface area contributed by atoms with Crippen LogP contribution < -0.4 is 4.31 Å². The lowest BCUT2D eigenvalue weighted by Crippen LogP contribution is -2.27. The Morgan fingerprint density at radius 3 is 2.67 bits per heavy atom. The molecule has 0 bridgehead atoms. The molecule has 8 heteroatoms. The zero-order valence-corrected chi connectivity index (χ0v) is 16.4. The highest BCUT2D eigenvalue weighted by Crippen LogP contribution is 2.32. The first-order valence-corrected chi connectivity index (χ1v) is 9.91. The smallest absolute Gasteiger partial charge is 0.354 e. The van der Waals surface area contributed by atoms with Crippen molar-refractivity contribution in [2.24, 2.45) is 0 Å². The Kier molecular flexibility index (Phi) is 4.93. The number of aryl methyl sites for hydroxylation is 2. The van der Waals surface area contributed by atoms with Crippen LogP contribution in [0.2, 0.25) is 0 Å². The van der Waals surface area contributed by atoms with Gasteiger partial charge < -0.3 is 9.72 Å². The van der Waals surface area contributed by atoms with Gasteiger partial charge in [-0.1, -0.05) is 6.07 Å². The van der Waals surface area contributed by atoms with E-state index in [2.05, 4.69) is 9.97 Å². The van der Waals surface area contributed by atoms with Crippen molar-refractivity contribution in [3.63, 3.8) is 0 Å². The topological polar surface area (TPSA) is 92.4 Å². The van der Waals surface area contributed by atoms with E-state index in [1.165, 1.54) is 17.4 Å². The number of carbonyl (C=O) groups is 1. The highest BCUT2D eigenvalue weighted by Gasteiger charge is 2.26. The van der Waals surface area contributed by atoms with Crippen molar-refractivity contribution in [2.45, 2.75) is 25.7 Å². The Morgan fingerprint density at radius 1 is 1.26 bits per heavy atom. The number of hydrogen-bond donors (Lipinski definition) is 1. The molecule has 0 aliphatic heterocycles. The molecule has 27 heavy (non-hydrogen) atoms. The molecule has 3 rings (SSSR count). The second-order valence-electron chi connectivity index (χ2n) is 6.15. The zero-order chi connectivity index (χ0) is 19.8. The normalized spacial score (nSPS) is 11.6. The minimum absolute atomic E-state index is 0.137. The highest BCUT2D eigenvalue weighted by molar-refractivity contribution is 7.92. The van der Waals surface area contributed by atoms with Crippen LogP contribution in [0.5, 0.6) is 0 Å². The van der Waals surface area contributed by atoms with E-state index in [1.807, 2.05) is 13.0 Å². The molecule has 0 radical (unpaired) electrons. The van der Waals surface area contributed by atoms with Crippen molar-refractivity contribution in [3.05, 3.63) is 53.5 Å². The lowest BCUT2D eigenvalue weighted by molar-refractivity contribution is 0.0520. The molecule has 2 heterocycles. The standard InChI is InChI=1S/C19H21N3O4S/c1-5-26-19(23)15-11-14-12(2)8-9-16(18(14)21-15)22(4)27(24,25)17-7-6-10-20-13(17)3/h6-11,21H,5H2,1-4H3. The number of nitrogens with zero attached hydrogens (tertiary/aromatic N) is 2. The van der Waals surface area contributed by atoms with Gasteiger partial charge in [0, 0.05) is 18.6 Å². The molecule has 0 unspecified atom stereocenters. The van der Waals surface area contributed by atoms with Crippen molar-refractivity contribution in [3.8, 4) is 0 Å². The first-order chi connectivity index (χ1) is 12.8. The van der Waals surface area contributed by atoms with Crippen LogP contribution in [0.25, 0.3) is 10.9 Å². The van der Waals surface area contributed by atoms with Crippen LogP contribution in [-0.2, 0) is 14.8 Å². The van der Waals surface area contributed by atoms with E-state index in [4.69, 9.17) is 4.74 Å². The third-order valence-electron chi connectivity index (χ3n) is 4.42. The van der Waals surface area contributed by atoms with E-state index in [-0.39, 0.29) is 17.2 Å². The summed E-state index contributed by atoms with van der Waals surface area (Å²) in [6, 6.07) is 8.33. The van der Waals surface area contributed by atoms with Gasteiger partial charge in [-0.25, -0.2) is 13.2 Å². The van der Waals surface area contributed by atoms with Gasteiger partial charge in [-0.3, -0.25) is 9.29 Å². The highest BCUT2D eigenvalue weighted by atomic mass is 32.2. The van der Waals surface area contributed by atoms with Gasteiger partial charge >= 0.3 is 5.97 Å². The van der Waals surface area contributed by atoms with Crippen LogP contribution in [0.4, 0.5) is 5.69 Å². The van der Waals surface area contributed by atoms with Crippen LogP contribution in [0.15, 0.2) is 41.4 Å². The van der Waals surface area contributed by atoms with Crippen molar-refractivity contribution in [1.82, 2.24) is 9.97 Å². The van der Waals surface area contributed by atoms with Crippen molar-refractivity contribution >= 4 is 32.6 Å². The quantitative estimate of drug-likeness (QED) is 0.679. The Balaban J connectivity index is 2.15. The maximum absolute atomic E-state index is 13.1. The molecule has 0 saturated carbocycles. The first-order valence-electron chi connectivity index (χ1n) is 8.47. The molecule has 0 aliphatic carbocycles. The lowest BCUT2D eigenvalue weighted by Gasteiger charge is -2.21. The maximum Gasteiger partial charge on any atom is 0.354 e. The van der Waals surface area contributed by atoms with Gasteiger partial charge in [-0.2, -0.15) is 0 Å². The molecule has 0 spiro atoms. The summed E-state index contributed by atoms with van der Waals surface area (Å²) < 4.78 is 32.4. The van der Waals surface area contributed by atoms with Gasteiger partial charge in [0.15, 0.2) is 0 Å². The second-order valence-corrected chi connectivity index (χ2v) is 8.09. The predicted molar refractivity (Wildman–Crippen MR) is 104 cm³/mol. The van der Waals surface area contributed by atoms with E-state index in [1.54, 1.807) is 38.2 Å². The van der Waals surface area contributed by atoms with Gasteiger partial charge in [0.05, 0.1) is 23.5 Å². The number of nitrogens with one attached hydrogen (secondary N) is 1. The van der Waals surface area contributed by atoms with Crippen molar-refractivity contribution in [2.75, 3.05) is 18.0 Å². The SMILES string of the molecule is CCOC(=O)c1cc2c(C)ccc(N(C)S(=O)(=O)c3cccnc3C)c2[nH]1. The number of sulfonamides is 1. The lowest BCUT2D eigenvalue weighted by atomic mass is 10.1. The van der Waals surface area contributed by atoms with Crippen molar-refractivity contribution in [1.29, 1.82) is 0 Å². The number of esters is 1. The number of carbonyl (C=O) groups excluding carboxylic acids is 1. The maximum atomic E-state index is 13.1. The number of aromatic nitrogens is 2. The van der Waals surface area contributed by atoms with Crippen LogP contribution in [0.3, 0.4) is 0 Å². The summed E-state index contributed by atoms with van der Waals surface area (Å²) in [5, 5.41) is 0.764. The van der Waals surface area contributed by atoms with E-state index in [9.17, 15) is 13.2 Å². The number of fused-ring (bicyclic) bond motifs is 1. The third-order valence-corrected chi connectivity index (χ3v) is 6.33. The molecule has 0 saturated heterocycles. The predicted octanol–water partition coefficient (Wildman–Crippen LogP) is 3.18.